The summed E-state index contributed by atoms with van der Waals surface area (Å²) in [7, 11) is 1.66. The normalized spacial score (nSPS) is 13.9. The first-order chi connectivity index (χ1) is 22.2. The van der Waals surface area contributed by atoms with Gasteiger partial charge in [-0.2, -0.15) is 4.98 Å². The molecular weight excluding hydrogens is 583 g/mol. The van der Waals surface area contributed by atoms with Crippen molar-refractivity contribution in [3.8, 4) is 16.9 Å². The van der Waals surface area contributed by atoms with E-state index in [1.807, 2.05) is 42.6 Å². The molecule has 1 aliphatic heterocycles. The van der Waals surface area contributed by atoms with Crippen LogP contribution in [-0.4, -0.2) is 71.1 Å². The number of halogens is 1. The summed E-state index contributed by atoms with van der Waals surface area (Å²) in [5.41, 5.74) is 5.51. The molecule has 11 heteroatoms. The highest BCUT2D eigenvalue weighted by atomic mass is 19.1. The van der Waals surface area contributed by atoms with Crippen LogP contribution in [0, 0.1) is 5.82 Å². The van der Waals surface area contributed by atoms with E-state index in [1.165, 1.54) is 12.1 Å². The van der Waals surface area contributed by atoms with Crippen LogP contribution in [-0.2, 0) is 6.54 Å². The summed E-state index contributed by atoms with van der Waals surface area (Å²) >= 11 is 0. The van der Waals surface area contributed by atoms with Crippen LogP contribution < -0.4 is 20.3 Å². The zero-order valence-electron chi connectivity index (χ0n) is 26.2. The fraction of sp³-hybridized carbons (Fsp3) is 0.257. The van der Waals surface area contributed by atoms with Gasteiger partial charge < -0.3 is 20.3 Å². The Labute approximate surface area is 267 Å². The van der Waals surface area contributed by atoms with Crippen LogP contribution >= 0.6 is 0 Å². The van der Waals surface area contributed by atoms with E-state index in [2.05, 4.69) is 62.1 Å². The molecular formula is C35H37FN8O2. The molecule has 1 aliphatic rings. The minimum atomic E-state index is -0.305. The maximum Gasteiger partial charge on any atom is 0.251 e. The third-order valence-corrected chi connectivity index (χ3v) is 8.41. The van der Waals surface area contributed by atoms with Gasteiger partial charge in [-0.1, -0.05) is 24.3 Å². The van der Waals surface area contributed by atoms with Crippen molar-refractivity contribution in [2.75, 3.05) is 43.5 Å². The first-order valence-electron chi connectivity index (χ1n) is 15.1. The van der Waals surface area contributed by atoms with Crippen LogP contribution in [0.1, 0.15) is 29.8 Å². The summed E-state index contributed by atoms with van der Waals surface area (Å²) in [5.74, 6) is 0.647. The number of carbonyl (C=O) groups excluding carboxylic acids is 1. The number of anilines is 3. The molecule has 10 nitrogen and oxygen atoms in total. The number of carbonyl (C=O) groups is 1. The number of hydrogen-bond donors (Lipinski definition) is 2. The van der Waals surface area contributed by atoms with Gasteiger partial charge in [0.1, 0.15) is 17.2 Å². The highest BCUT2D eigenvalue weighted by Crippen LogP contribution is 2.33. The maximum absolute atomic E-state index is 13.1. The van der Waals surface area contributed by atoms with Gasteiger partial charge in [0.05, 0.1) is 12.8 Å². The van der Waals surface area contributed by atoms with Crippen molar-refractivity contribution < 1.29 is 13.9 Å². The van der Waals surface area contributed by atoms with E-state index >= 15 is 0 Å². The lowest BCUT2D eigenvalue weighted by atomic mass is 10.1. The van der Waals surface area contributed by atoms with Crippen molar-refractivity contribution in [1.29, 1.82) is 0 Å². The molecule has 2 N–H and O–H groups in total. The van der Waals surface area contributed by atoms with Gasteiger partial charge in [0.15, 0.2) is 5.65 Å². The monoisotopic (exact) mass is 620 g/mol. The van der Waals surface area contributed by atoms with E-state index in [9.17, 15) is 9.18 Å². The molecule has 0 atom stereocenters. The quantitative estimate of drug-likeness (QED) is 0.191. The number of hydrogen-bond acceptors (Lipinski definition) is 8. The smallest absolute Gasteiger partial charge is 0.251 e. The van der Waals surface area contributed by atoms with Crippen LogP contribution in [0.15, 0.2) is 90.1 Å². The van der Waals surface area contributed by atoms with Crippen molar-refractivity contribution in [3.05, 3.63) is 102 Å². The molecule has 0 unspecified atom stereocenters. The molecule has 6 rings (SSSR count). The van der Waals surface area contributed by atoms with Gasteiger partial charge in [0.25, 0.3) is 5.91 Å². The van der Waals surface area contributed by atoms with Crippen molar-refractivity contribution in [2.45, 2.75) is 26.1 Å². The minimum absolute atomic E-state index is 0.200. The summed E-state index contributed by atoms with van der Waals surface area (Å²) in [5, 5.41) is 10.8. The molecule has 236 valence electrons. The van der Waals surface area contributed by atoms with Gasteiger partial charge in [-0.15, -0.1) is 5.10 Å². The van der Waals surface area contributed by atoms with E-state index in [-0.39, 0.29) is 17.4 Å². The molecule has 0 aliphatic carbocycles. The SMILES string of the molecule is C=NC(C)(C)N1CCN(c2ccc(Nc3nc4ccc(-c5ccc(C(=O)NCc6ccc(F)cc6)cc5)cn4n3)c(OC)c2)CC1. The molecule has 1 saturated heterocycles. The number of benzene rings is 3. The van der Waals surface area contributed by atoms with Gasteiger partial charge in [0.2, 0.25) is 5.95 Å². The highest BCUT2D eigenvalue weighted by Gasteiger charge is 2.28. The molecule has 1 fully saturated rings. The second-order valence-electron chi connectivity index (χ2n) is 11.7. The molecule has 0 radical (unpaired) electrons. The van der Waals surface area contributed by atoms with Gasteiger partial charge in [-0.05, 0) is 80.2 Å². The second kappa shape index (κ2) is 13.0. The summed E-state index contributed by atoms with van der Waals surface area (Å²) in [6.45, 7) is 11.8. The third kappa shape index (κ3) is 6.69. The Morgan fingerprint density at radius 3 is 2.39 bits per heavy atom. The third-order valence-electron chi connectivity index (χ3n) is 8.41. The predicted molar refractivity (Wildman–Crippen MR) is 180 cm³/mol. The Balaban J connectivity index is 1.11. The molecule has 46 heavy (non-hydrogen) atoms. The number of rotatable bonds is 10. The topological polar surface area (TPSA) is 99.4 Å². The highest BCUT2D eigenvalue weighted by molar-refractivity contribution is 5.94. The lowest BCUT2D eigenvalue weighted by molar-refractivity contribution is 0.0951. The van der Waals surface area contributed by atoms with Crippen LogP contribution in [0.2, 0.25) is 0 Å². The first-order valence-corrected chi connectivity index (χ1v) is 15.1. The Kier molecular flexibility index (Phi) is 8.67. The van der Waals surface area contributed by atoms with Gasteiger partial charge in [0, 0.05) is 61.8 Å². The average Bonchev–Trinajstić information content (AvgIpc) is 3.50. The predicted octanol–water partition coefficient (Wildman–Crippen LogP) is 5.78. The summed E-state index contributed by atoms with van der Waals surface area (Å²) in [4.78, 5) is 26.2. The largest absolute Gasteiger partial charge is 0.494 e. The number of ether oxygens (including phenoxy) is 1. The standard InChI is InChI=1S/C35H37FN8O2/c1-35(2,37-3)43-19-17-42(18-20-43)29-14-15-30(31(21-29)46-4)39-34-40-32-16-11-27(23-44(32)41-34)25-7-9-26(10-8-25)33(45)38-22-24-5-12-28(36)13-6-24/h5-16,21,23H,3,17-20,22H2,1-2,4H3,(H,38,45)(H,39,41). The molecule has 0 saturated carbocycles. The zero-order chi connectivity index (χ0) is 32.3. The molecule has 1 amide bonds. The number of methoxy groups -OCH3 is 1. The number of aliphatic imine (C=N–C) groups is 1. The van der Waals surface area contributed by atoms with Crippen molar-refractivity contribution >= 4 is 35.6 Å². The number of nitrogens with one attached hydrogen (secondary N) is 2. The number of nitrogens with zero attached hydrogens (tertiary/aromatic N) is 6. The van der Waals surface area contributed by atoms with Crippen LogP contribution in [0.5, 0.6) is 5.75 Å². The Morgan fingerprint density at radius 2 is 1.70 bits per heavy atom. The van der Waals surface area contributed by atoms with E-state index in [4.69, 9.17) is 4.74 Å². The lowest BCUT2D eigenvalue weighted by Gasteiger charge is -2.42. The maximum atomic E-state index is 13.1. The first kappa shape index (κ1) is 30.7. The lowest BCUT2D eigenvalue weighted by Crippen LogP contribution is -2.53. The Bertz CT molecular complexity index is 1850. The number of aromatic nitrogens is 3. The number of fused-ring (bicyclic) bond motifs is 1. The fourth-order valence-electron chi connectivity index (χ4n) is 5.52. The van der Waals surface area contributed by atoms with Crippen LogP contribution in [0.4, 0.5) is 21.7 Å². The van der Waals surface area contributed by atoms with E-state index < -0.39 is 0 Å². The van der Waals surface area contributed by atoms with Crippen molar-refractivity contribution in [2.24, 2.45) is 4.99 Å². The minimum Gasteiger partial charge on any atom is -0.494 e. The second-order valence-corrected chi connectivity index (χ2v) is 11.7. The van der Waals surface area contributed by atoms with E-state index in [1.54, 1.807) is 35.9 Å². The molecule has 5 aromatic rings. The average molecular weight is 621 g/mol. The molecule has 3 aromatic carbocycles. The Morgan fingerprint density at radius 1 is 0.978 bits per heavy atom. The summed E-state index contributed by atoms with van der Waals surface area (Å²) in [6.07, 6.45) is 1.90. The Hall–Kier alpha value is -5.29. The molecule has 0 bridgehead atoms. The molecule has 0 spiro atoms. The van der Waals surface area contributed by atoms with Gasteiger partial charge in [-0.3, -0.25) is 14.7 Å². The number of pyridine rings is 1. The molecule has 3 heterocycles. The van der Waals surface area contributed by atoms with Crippen LogP contribution in [0.3, 0.4) is 0 Å². The van der Waals surface area contributed by atoms with Gasteiger partial charge >= 0.3 is 0 Å². The van der Waals surface area contributed by atoms with Crippen LogP contribution in [0.25, 0.3) is 16.8 Å². The van der Waals surface area contributed by atoms with E-state index in [0.29, 0.717) is 29.5 Å². The number of amides is 1. The number of piperazine rings is 1. The summed E-state index contributed by atoms with van der Waals surface area (Å²) < 4.78 is 20.6. The fourth-order valence-corrected chi connectivity index (χ4v) is 5.52. The summed E-state index contributed by atoms with van der Waals surface area (Å²) in [6, 6.07) is 23.4. The molecule has 2 aromatic heterocycles. The van der Waals surface area contributed by atoms with E-state index in [0.717, 1.165) is 54.2 Å². The van der Waals surface area contributed by atoms with Crippen molar-refractivity contribution in [1.82, 2.24) is 24.8 Å². The zero-order valence-corrected chi connectivity index (χ0v) is 26.2. The van der Waals surface area contributed by atoms with Gasteiger partial charge in [-0.25, -0.2) is 8.91 Å². The van der Waals surface area contributed by atoms with Crippen molar-refractivity contribution in [3.63, 3.8) is 0 Å².